The molecular weight excluding hydrogens is 218 g/mol. The van der Waals surface area contributed by atoms with Crippen molar-refractivity contribution < 1.29 is 0 Å². The molecule has 0 saturated carbocycles. The minimum Gasteiger partial charge on any atom is -0.342 e. The Labute approximate surface area is 97.9 Å². The highest BCUT2D eigenvalue weighted by molar-refractivity contribution is 7.99. The summed E-state index contributed by atoms with van der Waals surface area (Å²) in [6.45, 7) is 0. The summed E-state index contributed by atoms with van der Waals surface area (Å²) in [6.07, 6.45) is 1.20. The molecule has 3 rings (SSSR count). The van der Waals surface area contributed by atoms with Gasteiger partial charge in [0.05, 0.1) is 22.7 Å². The van der Waals surface area contributed by atoms with Gasteiger partial charge in [-0.25, -0.2) is 4.98 Å². The number of aromatic amines is 1. The van der Waals surface area contributed by atoms with E-state index in [4.69, 9.17) is 5.26 Å². The van der Waals surface area contributed by atoms with Crippen LogP contribution in [0.3, 0.4) is 0 Å². The van der Waals surface area contributed by atoms with E-state index in [1.807, 2.05) is 30.0 Å². The number of fused-ring (bicyclic) bond motifs is 1. The highest BCUT2D eigenvalue weighted by atomic mass is 32.2. The lowest BCUT2D eigenvalue weighted by molar-refractivity contribution is 0.733. The van der Waals surface area contributed by atoms with Crippen LogP contribution in [0.1, 0.15) is 23.7 Å². The summed E-state index contributed by atoms with van der Waals surface area (Å²) >= 11 is 1.98. The summed E-state index contributed by atoms with van der Waals surface area (Å²) in [5.41, 5.74) is 2.63. The van der Waals surface area contributed by atoms with Gasteiger partial charge in [0.15, 0.2) is 0 Å². The molecular formula is C12H11N3S. The van der Waals surface area contributed by atoms with Crippen molar-refractivity contribution in [2.75, 3.05) is 11.5 Å². The first-order chi connectivity index (χ1) is 7.86. The molecule has 0 radical (unpaired) electrons. The second-order valence-electron chi connectivity index (χ2n) is 4.03. The van der Waals surface area contributed by atoms with Crippen molar-refractivity contribution in [2.45, 2.75) is 12.3 Å². The molecule has 16 heavy (non-hydrogen) atoms. The van der Waals surface area contributed by atoms with Gasteiger partial charge < -0.3 is 4.98 Å². The smallest absolute Gasteiger partial charge is 0.111 e. The van der Waals surface area contributed by atoms with Crippen LogP contribution < -0.4 is 0 Å². The fourth-order valence-electron chi connectivity index (χ4n) is 2.04. The molecule has 80 valence electrons. The number of rotatable bonds is 1. The van der Waals surface area contributed by atoms with Crippen LogP contribution in [-0.4, -0.2) is 21.5 Å². The Morgan fingerprint density at radius 3 is 3.19 bits per heavy atom. The van der Waals surface area contributed by atoms with Gasteiger partial charge >= 0.3 is 0 Å². The average Bonchev–Trinajstić information content (AvgIpc) is 2.96. The van der Waals surface area contributed by atoms with Crippen LogP contribution in [0.15, 0.2) is 18.2 Å². The van der Waals surface area contributed by atoms with Crippen LogP contribution in [-0.2, 0) is 0 Å². The van der Waals surface area contributed by atoms with Crippen molar-refractivity contribution >= 4 is 22.8 Å². The van der Waals surface area contributed by atoms with Crippen molar-refractivity contribution in [3.63, 3.8) is 0 Å². The summed E-state index contributed by atoms with van der Waals surface area (Å²) in [7, 11) is 0. The third kappa shape index (κ3) is 1.57. The number of nitrogens with zero attached hydrogens (tertiary/aromatic N) is 2. The number of nitrogens with one attached hydrogen (secondary N) is 1. The standard InChI is InChI=1S/C12H11N3S/c13-6-8-1-2-10-11(5-8)15-12(14-10)9-3-4-16-7-9/h1-2,5,9H,3-4,7H2,(H,14,15). The van der Waals surface area contributed by atoms with Gasteiger partial charge in [-0.15, -0.1) is 0 Å². The fraction of sp³-hybridized carbons (Fsp3) is 0.333. The molecule has 0 bridgehead atoms. The highest BCUT2D eigenvalue weighted by Gasteiger charge is 2.20. The van der Waals surface area contributed by atoms with E-state index in [0.717, 1.165) is 22.6 Å². The molecule has 0 spiro atoms. The lowest BCUT2D eigenvalue weighted by atomic mass is 10.1. The normalized spacial score (nSPS) is 20.1. The SMILES string of the molecule is N#Cc1ccc2nc(C3CCSC3)[nH]c2c1. The molecule has 0 aliphatic carbocycles. The maximum Gasteiger partial charge on any atom is 0.111 e. The summed E-state index contributed by atoms with van der Waals surface area (Å²) in [6, 6.07) is 7.74. The van der Waals surface area contributed by atoms with E-state index < -0.39 is 0 Å². The average molecular weight is 229 g/mol. The molecule has 3 nitrogen and oxygen atoms in total. The van der Waals surface area contributed by atoms with E-state index >= 15 is 0 Å². The molecule has 1 aliphatic rings. The lowest BCUT2D eigenvalue weighted by Gasteiger charge is -2.01. The van der Waals surface area contributed by atoms with E-state index in [0.29, 0.717) is 11.5 Å². The molecule has 1 N–H and O–H groups in total. The molecule has 1 unspecified atom stereocenters. The van der Waals surface area contributed by atoms with Gasteiger partial charge in [0.25, 0.3) is 0 Å². The van der Waals surface area contributed by atoms with Crippen LogP contribution in [0.2, 0.25) is 0 Å². The van der Waals surface area contributed by atoms with Gasteiger partial charge in [-0.1, -0.05) is 0 Å². The predicted octanol–water partition coefficient (Wildman–Crippen LogP) is 2.66. The molecule has 4 heteroatoms. The van der Waals surface area contributed by atoms with E-state index in [2.05, 4.69) is 16.0 Å². The molecule has 1 aromatic heterocycles. The van der Waals surface area contributed by atoms with Gasteiger partial charge in [-0.3, -0.25) is 0 Å². The molecule has 2 heterocycles. The number of imidazole rings is 1. The van der Waals surface area contributed by atoms with E-state index in [-0.39, 0.29) is 0 Å². The Morgan fingerprint density at radius 2 is 2.44 bits per heavy atom. The summed E-state index contributed by atoms with van der Waals surface area (Å²) in [4.78, 5) is 7.93. The van der Waals surface area contributed by atoms with Crippen LogP contribution in [0.4, 0.5) is 0 Å². The molecule has 2 aromatic rings. The van der Waals surface area contributed by atoms with Gasteiger partial charge in [0.1, 0.15) is 5.82 Å². The third-order valence-electron chi connectivity index (χ3n) is 2.95. The zero-order valence-corrected chi connectivity index (χ0v) is 9.55. The minimum atomic E-state index is 0.558. The zero-order chi connectivity index (χ0) is 11.0. The first-order valence-corrected chi connectivity index (χ1v) is 6.50. The molecule has 1 saturated heterocycles. The summed E-state index contributed by atoms with van der Waals surface area (Å²) in [5, 5.41) is 8.83. The Bertz CT molecular complexity index is 561. The Kier molecular flexibility index (Phi) is 2.33. The van der Waals surface area contributed by atoms with E-state index in [1.165, 1.54) is 12.2 Å². The maximum absolute atomic E-state index is 8.83. The topological polar surface area (TPSA) is 52.5 Å². The van der Waals surface area contributed by atoms with Crippen LogP contribution in [0.5, 0.6) is 0 Å². The van der Waals surface area contributed by atoms with Crippen LogP contribution in [0, 0.1) is 11.3 Å². The Morgan fingerprint density at radius 1 is 1.50 bits per heavy atom. The number of H-pyrrole nitrogens is 1. The van der Waals surface area contributed by atoms with Crippen molar-refractivity contribution in [1.82, 2.24) is 9.97 Å². The summed E-state index contributed by atoms with van der Waals surface area (Å²) < 4.78 is 0. The number of nitriles is 1. The van der Waals surface area contributed by atoms with E-state index in [9.17, 15) is 0 Å². The third-order valence-corrected chi connectivity index (χ3v) is 4.11. The summed E-state index contributed by atoms with van der Waals surface area (Å²) in [5.74, 6) is 4.02. The highest BCUT2D eigenvalue weighted by Crippen LogP contribution is 2.31. The zero-order valence-electron chi connectivity index (χ0n) is 8.73. The Balaban J connectivity index is 2.05. The lowest BCUT2D eigenvalue weighted by Crippen LogP contribution is -1.98. The Hall–Kier alpha value is -1.47. The minimum absolute atomic E-state index is 0.558. The number of hydrogen-bond donors (Lipinski definition) is 1. The van der Waals surface area contributed by atoms with Gasteiger partial charge in [-0.2, -0.15) is 17.0 Å². The molecule has 1 aromatic carbocycles. The predicted molar refractivity (Wildman–Crippen MR) is 65.5 cm³/mol. The first kappa shape index (κ1) is 9.73. The van der Waals surface area contributed by atoms with Crippen LogP contribution >= 0.6 is 11.8 Å². The van der Waals surface area contributed by atoms with Crippen molar-refractivity contribution in [3.8, 4) is 6.07 Å². The monoisotopic (exact) mass is 229 g/mol. The second-order valence-corrected chi connectivity index (χ2v) is 5.18. The number of hydrogen-bond acceptors (Lipinski definition) is 3. The largest absolute Gasteiger partial charge is 0.342 e. The van der Waals surface area contributed by atoms with Gasteiger partial charge in [-0.05, 0) is 30.4 Å². The first-order valence-electron chi connectivity index (χ1n) is 5.34. The van der Waals surface area contributed by atoms with Gasteiger partial charge in [0, 0.05) is 11.7 Å². The molecule has 1 aliphatic heterocycles. The number of benzene rings is 1. The number of aromatic nitrogens is 2. The molecule has 0 amide bonds. The van der Waals surface area contributed by atoms with Crippen molar-refractivity contribution in [1.29, 1.82) is 5.26 Å². The number of thioether (sulfide) groups is 1. The van der Waals surface area contributed by atoms with E-state index in [1.54, 1.807) is 0 Å². The van der Waals surface area contributed by atoms with Crippen molar-refractivity contribution in [3.05, 3.63) is 29.6 Å². The van der Waals surface area contributed by atoms with Crippen LogP contribution in [0.25, 0.3) is 11.0 Å². The molecule has 1 fully saturated rings. The fourth-order valence-corrected chi connectivity index (χ4v) is 3.27. The maximum atomic E-state index is 8.83. The van der Waals surface area contributed by atoms with Crippen molar-refractivity contribution in [2.24, 2.45) is 0 Å². The molecule has 1 atom stereocenters. The van der Waals surface area contributed by atoms with Gasteiger partial charge in [0.2, 0.25) is 0 Å². The second kappa shape index (κ2) is 3.84. The quantitative estimate of drug-likeness (QED) is 0.818.